The summed E-state index contributed by atoms with van der Waals surface area (Å²) in [5.74, 6) is 0. The topological polar surface area (TPSA) is 62.3 Å². The molecule has 0 unspecified atom stereocenters. The van der Waals surface area contributed by atoms with Gasteiger partial charge in [-0.05, 0) is 36.8 Å². The maximum absolute atomic E-state index is 12.5. The van der Waals surface area contributed by atoms with Gasteiger partial charge in [0, 0.05) is 24.8 Å². The van der Waals surface area contributed by atoms with Crippen LogP contribution in [-0.2, 0) is 10.0 Å². The SMILES string of the molecule is Cc1cc(S(=O)(=O)Nc2cnccc2N(C)C)ccc1Br. The van der Waals surface area contributed by atoms with Gasteiger partial charge in [-0.15, -0.1) is 0 Å². The minimum Gasteiger partial charge on any atom is -0.376 e. The van der Waals surface area contributed by atoms with Gasteiger partial charge in [-0.1, -0.05) is 15.9 Å². The largest absolute Gasteiger partial charge is 0.376 e. The molecule has 7 heteroatoms. The van der Waals surface area contributed by atoms with Gasteiger partial charge in [-0.25, -0.2) is 8.42 Å². The fourth-order valence-corrected chi connectivity index (χ4v) is 3.23. The van der Waals surface area contributed by atoms with E-state index in [0.29, 0.717) is 5.69 Å². The van der Waals surface area contributed by atoms with Crippen molar-refractivity contribution in [3.63, 3.8) is 0 Å². The van der Waals surface area contributed by atoms with Gasteiger partial charge in [0.25, 0.3) is 10.0 Å². The number of nitrogens with zero attached hydrogens (tertiary/aromatic N) is 2. The zero-order chi connectivity index (χ0) is 15.6. The number of anilines is 2. The lowest BCUT2D eigenvalue weighted by Gasteiger charge is -2.18. The van der Waals surface area contributed by atoms with Crippen LogP contribution >= 0.6 is 15.9 Å². The fourth-order valence-electron chi connectivity index (χ4n) is 1.84. The molecule has 0 spiro atoms. The molecule has 5 nitrogen and oxygen atoms in total. The zero-order valence-corrected chi connectivity index (χ0v) is 14.4. The first-order chi connectivity index (χ1) is 9.81. The van der Waals surface area contributed by atoms with Gasteiger partial charge < -0.3 is 4.90 Å². The van der Waals surface area contributed by atoms with Gasteiger partial charge in [0.1, 0.15) is 0 Å². The Morgan fingerprint density at radius 1 is 1.24 bits per heavy atom. The summed E-state index contributed by atoms with van der Waals surface area (Å²) in [7, 11) is 0.0422. The first-order valence-corrected chi connectivity index (χ1v) is 8.49. The summed E-state index contributed by atoms with van der Waals surface area (Å²) in [6.07, 6.45) is 3.12. The van der Waals surface area contributed by atoms with Crippen LogP contribution < -0.4 is 9.62 Å². The average Bonchev–Trinajstić information content (AvgIpc) is 2.41. The molecule has 21 heavy (non-hydrogen) atoms. The van der Waals surface area contributed by atoms with Crippen LogP contribution in [0.4, 0.5) is 11.4 Å². The lowest BCUT2D eigenvalue weighted by Crippen LogP contribution is -2.17. The maximum atomic E-state index is 12.5. The van der Waals surface area contributed by atoms with Crippen molar-refractivity contribution >= 4 is 37.3 Å². The van der Waals surface area contributed by atoms with E-state index < -0.39 is 10.0 Å². The normalized spacial score (nSPS) is 11.2. The quantitative estimate of drug-likeness (QED) is 0.899. The molecule has 0 aliphatic rings. The molecule has 2 rings (SSSR count). The summed E-state index contributed by atoms with van der Waals surface area (Å²) >= 11 is 3.36. The van der Waals surface area contributed by atoms with E-state index in [1.165, 1.54) is 6.20 Å². The number of benzene rings is 1. The molecule has 0 atom stereocenters. The molecule has 0 aliphatic carbocycles. The van der Waals surface area contributed by atoms with Crippen LogP contribution in [0.15, 0.2) is 46.0 Å². The molecule has 112 valence electrons. The predicted octanol–water partition coefficient (Wildman–Crippen LogP) is 3.02. The van der Waals surface area contributed by atoms with Crippen LogP contribution in [0, 0.1) is 6.92 Å². The number of halogens is 1. The highest BCUT2D eigenvalue weighted by atomic mass is 79.9. The predicted molar refractivity (Wildman–Crippen MR) is 88.3 cm³/mol. The standard InChI is InChI=1S/C14H16BrN3O2S/c1-10-8-11(4-5-12(10)15)21(19,20)17-13-9-16-7-6-14(13)18(2)3/h4-9,17H,1-3H3. The van der Waals surface area contributed by atoms with Crippen LogP contribution in [-0.4, -0.2) is 27.5 Å². The van der Waals surface area contributed by atoms with Crippen LogP contribution in [0.5, 0.6) is 0 Å². The Bertz CT molecular complexity index is 761. The van der Waals surface area contributed by atoms with Crippen molar-refractivity contribution in [3.8, 4) is 0 Å². The molecule has 0 saturated heterocycles. The first kappa shape index (κ1) is 15.8. The number of aryl methyl sites for hydroxylation is 1. The molecule has 0 saturated carbocycles. The van der Waals surface area contributed by atoms with Gasteiger partial charge in [0.15, 0.2) is 0 Å². The van der Waals surface area contributed by atoms with E-state index in [1.54, 1.807) is 30.5 Å². The number of pyridine rings is 1. The van der Waals surface area contributed by atoms with Gasteiger partial charge in [0.2, 0.25) is 0 Å². The lowest BCUT2D eigenvalue weighted by atomic mass is 10.2. The number of hydrogen-bond donors (Lipinski definition) is 1. The maximum Gasteiger partial charge on any atom is 0.262 e. The van der Waals surface area contributed by atoms with E-state index >= 15 is 0 Å². The Morgan fingerprint density at radius 2 is 1.95 bits per heavy atom. The third-order valence-electron chi connectivity index (χ3n) is 2.96. The molecule has 0 aliphatic heterocycles. The van der Waals surface area contributed by atoms with Crippen LogP contribution in [0.1, 0.15) is 5.56 Å². The van der Waals surface area contributed by atoms with Gasteiger partial charge in [-0.3, -0.25) is 9.71 Å². The van der Waals surface area contributed by atoms with Gasteiger partial charge in [-0.2, -0.15) is 0 Å². The summed E-state index contributed by atoms with van der Waals surface area (Å²) in [4.78, 5) is 6.02. The molecular weight excluding hydrogens is 354 g/mol. The molecule has 2 aromatic rings. The summed E-state index contributed by atoms with van der Waals surface area (Å²) in [6, 6.07) is 6.66. The van der Waals surface area contributed by atoms with E-state index in [9.17, 15) is 8.42 Å². The van der Waals surface area contributed by atoms with E-state index in [4.69, 9.17) is 0 Å². The van der Waals surface area contributed by atoms with Gasteiger partial charge >= 0.3 is 0 Å². The Morgan fingerprint density at radius 3 is 2.57 bits per heavy atom. The molecule has 0 fully saturated rings. The highest BCUT2D eigenvalue weighted by molar-refractivity contribution is 9.10. The van der Waals surface area contributed by atoms with E-state index in [1.807, 2.05) is 25.9 Å². The van der Waals surface area contributed by atoms with Crippen molar-refractivity contribution in [3.05, 3.63) is 46.7 Å². The monoisotopic (exact) mass is 369 g/mol. The van der Waals surface area contributed by atoms with E-state index in [0.717, 1.165) is 15.7 Å². The molecular formula is C14H16BrN3O2S. The van der Waals surface area contributed by atoms with E-state index in [2.05, 4.69) is 25.6 Å². The highest BCUT2D eigenvalue weighted by Gasteiger charge is 2.17. The Kier molecular flexibility index (Phi) is 4.53. The van der Waals surface area contributed by atoms with Crippen molar-refractivity contribution < 1.29 is 8.42 Å². The van der Waals surface area contributed by atoms with Crippen LogP contribution in [0.25, 0.3) is 0 Å². The molecule has 1 heterocycles. The minimum absolute atomic E-state index is 0.219. The third kappa shape index (κ3) is 3.54. The Balaban J connectivity index is 2.40. The number of nitrogens with one attached hydrogen (secondary N) is 1. The average molecular weight is 370 g/mol. The number of aromatic nitrogens is 1. The second-order valence-corrected chi connectivity index (χ2v) is 7.34. The Hall–Kier alpha value is -1.60. The van der Waals surface area contributed by atoms with Crippen LogP contribution in [0.2, 0.25) is 0 Å². The van der Waals surface area contributed by atoms with Crippen molar-refractivity contribution in [1.82, 2.24) is 4.98 Å². The van der Waals surface area contributed by atoms with Crippen molar-refractivity contribution in [2.24, 2.45) is 0 Å². The summed E-state index contributed by atoms with van der Waals surface area (Å²) in [5.41, 5.74) is 2.06. The molecule has 0 radical (unpaired) electrons. The molecule has 1 aromatic carbocycles. The summed E-state index contributed by atoms with van der Waals surface area (Å²) < 4.78 is 28.4. The molecule has 0 bridgehead atoms. The van der Waals surface area contributed by atoms with Crippen molar-refractivity contribution in [2.75, 3.05) is 23.7 Å². The molecule has 1 N–H and O–H groups in total. The van der Waals surface area contributed by atoms with Gasteiger partial charge in [0.05, 0.1) is 22.5 Å². The third-order valence-corrected chi connectivity index (χ3v) is 5.22. The second kappa shape index (κ2) is 6.03. The van der Waals surface area contributed by atoms with Crippen LogP contribution in [0.3, 0.4) is 0 Å². The zero-order valence-electron chi connectivity index (χ0n) is 12.0. The minimum atomic E-state index is -3.65. The van der Waals surface area contributed by atoms with Crippen molar-refractivity contribution in [2.45, 2.75) is 11.8 Å². The van der Waals surface area contributed by atoms with E-state index in [-0.39, 0.29) is 4.90 Å². The number of rotatable bonds is 4. The Labute approximate surface area is 133 Å². The van der Waals surface area contributed by atoms with Crippen molar-refractivity contribution in [1.29, 1.82) is 0 Å². The molecule has 1 aromatic heterocycles. The molecule has 0 amide bonds. The summed E-state index contributed by atoms with van der Waals surface area (Å²) in [6.45, 7) is 1.85. The first-order valence-electron chi connectivity index (χ1n) is 6.21. The second-order valence-electron chi connectivity index (χ2n) is 4.80. The lowest BCUT2D eigenvalue weighted by molar-refractivity contribution is 0.601. The number of sulfonamides is 1. The highest BCUT2D eigenvalue weighted by Crippen LogP contribution is 2.26. The smallest absolute Gasteiger partial charge is 0.262 e. The number of hydrogen-bond acceptors (Lipinski definition) is 4. The fraction of sp³-hybridized carbons (Fsp3) is 0.214. The summed E-state index contributed by atoms with van der Waals surface area (Å²) in [5, 5.41) is 0.